The maximum atomic E-state index is 11.6. The molecule has 0 radical (unpaired) electrons. The van der Waals surface area contributed by atoms with E-state index in [1.807, 2.05) is 17.0 Å². The van der Waals surface area contributed by atoms with Crippen LogP contribution in [0.15, 0.2) is 16.5 Å². The molecule has 17 heavy (non-hydrogen) atoms. The van der Waals surface area contributed by atoms with Gasteiger partial charge in [-0.3, -0.25) is 4.79 Å². The Balaban J connectivity index is 1.89. The normalized spacial score (nSPS) is 16.5. The van der Waals surface area contributed by atoms with Gasteiger partial charge in [0.05, 0.1) is 13.1 Å². The Morgan fingerprint density at radius 1 is 1.35 bits per heavy atom. The first-order valence-electron chi connectivity index (χ1n) is 6.35. The highest BCUT2D eigenvalue weighted by Crippen LogP contribution is 2.16. The number of furan rings is 1. The molecule has 1 amide bonds. The maximum absolute atomic E-state index is 11.6. The molecular weight excluding hydrogens is 216 g/mol. The van der Waals surface area contributed by atoms with Crippen LogP contribution in [-0.4, -0.2) is 23.9 Å². The predicted molar refractivity (Wildman–Crippen MR) is 65.4 cm³/mol. The average molecular weight is 236 g/mol. The highest BCUT2D eigenvalue weighted by atomic mass is 16.3. The lowest BCUT2D eigenvalue weighted by molar-refractivity contribution is -0.134. The van der Waals surface area contributed by atoms with Crippen molar-refractivity contribution in [2.45, 2.75) is 39.3 Å². The molecule has 4 nitrogen and oxygen atoms in total. The minimum Gasteiger partial charge on any atom is -0.463 e. The van der Waals surface area contributed by atoms with E-state index in [4.69, 9.17) is 4.42 Å². The maximum Gasteiger partial charge on any atom is 0.222 e. The van der Waals surface area contributed by atoms with Gasteiger partial charge in [0.2, 0.25) is 5.91 Å². The van der Waals surface area contributed by atoms with Crippen LogP contribution in [0.3, 0.4) is 0 Å². The standard InChI is InChI=1S/C13H20N2O2/c1-2-14-9-11-6-7-12(17-11)10-15-8-4-3-5-13(15)16/h6-7,14H,2-5,8-10H2,1H3. The topological polar surface area (TPSA) is 45.5 Å². The van der Waals surface area contributed by atoms with Gasteiger partial charge in [0.1, 0.15) is 11.5 Å². The highest BCUT2D eigenvalue weighted by Gasteiger charge is 2.19. The average Bonchev–Trinajstić information content (AvgIpc) is 2.77. The van der Waals surface area contributed by atoms with Crippen molar-refractivity contribution in [3.8, 4) is 0 Å². The van der Waals surface area contributed by atoms with Gasteiger partial charge in [0.15, 0.2) is 0 Å². The smallest absolute Gasteiger partial charge is 0.222 e. The van der Waals surface area contributed by atoms with Crippen LogP contribution in [0.5, 0.6) is 0 Å². The van der Waals surface area contributed by atoms with Crippen LogP contribution in [-0.2, 0) is 17.9 Å². The molecule has 1 aliphatic rings. The zero-order chi connectivity index (χ0) is 12.1. The van der Waals surface area contributed by atoms with Gasteiger partial charge in [-0.05, 0) is 31.5 Å². The van der Waals surface area contributed by atoms with Crippen LogP contribution >= 0.6 is 0 Å². The molecular formula is C13H20N2O2. The molecule has 1 saturated heterocycles. The fourth-order valence-corrected chi connectivity index (χ4v) is 2.07. The summed E-state index contributed by atoms with van der Waals surface area (Å²) in [5.74, 6) is 2.07. The Bertz CT molecular complexity index is 373. The number of hydrogen-bond acceptors (Lipinski definition) is 3. The molecule has 0 bridgehead atoms. The van der Waals surface area contributed by atoms with Crippen molar-refractivity contribution in [2.24, 2.45) is 0 Å². The van der Waals surface area contributed by atoms with Crippen molar-refractivity contribution >= 4 is 5.91 Å². The van der Waals surface area contributed by atoms with E-state index >= 15 is 0 Å². The summed E-state index contributed by atoms with van der Waals surface area (Å²) in [5, 5.41) is 3.22. The van der Waals surface area contributed by atoms with Crippen molar-refractivity contribution in [2.75, 3.05) is 13.1 Å². The van der Waals surface area contributed by atoms with E-state index in [1.54, 1.807) is 0 Å². The minimum absolute atomic E-state index is 0.251. The van der Waals surface area contributed by atoms with E-state index in [1.165, 1.54) is 0 Å². The van der Waals surface area contributed by atoms with Crippen LogP contribution in [0, 0.1) is 0 Å². The van der Waals surface area contributed by atoms with E-state index in [0.717, 1.165) is 44.0 Å². The van der Waals surface area contributed by atoms with Crippen LogP contribution in [0.1, 0.15) is 37.7 Å². The van der Waals surface area contributed by atoms with Gasteiger partial charge >= 0.3 is 0 Å². The third-order valence-electron chi connectivity index (χ3n) is 3.03. The zero-order valence-electron chi connectivity index (χ0n) is 10.4. The second-order valence-electron chi connectivity index (χ2n) is 4.42. The van der Waals surface area contributed by atoms with Crippen molar-refractivity contribution in [1.82, 2.24) is 10.2 Å². The lowest BCUT2D eigenvalue weighted by Gasteiger charge is -2.25. The molecule has 1 N–H and O–H groups in total. The lowest BCUT2D eigenvalue weighted by atomic mass is 10.1. The van der Waals surface area contributed by atoms with Gasteiger partial charge < -0.3 is 14.6 Å². The molecule has 1 fully saturated rings. The third-order valence-corrected chi connectivity index (χ3v) is 3.03. The van der Waals surface area contributed by atoms with E-state index in [-0.39, 0.29) is 5.91 Å². The highest BCUT2D eigenvalue weighted by molar-refractivity contribution is 5.76. The van der Waals surface area contributed by atoms with Crippen LogP contribution in [0.4, 0.5) is 0 Å². The summed E-state index contributed by atoms with van der Waals surface area (Å²) in [4.78, 5) is 13.5. The second-order valence-corrected chi connectivity index (χ2v) is 4.42. The van der Waals surface area contributed by atoms with Gasteiger partial charge in [-0.2, -0.15) is 0 Å². The van der Waals surface area contributed by atoms with Crippen LogP contribution in [0.25, 0.3) is 0 Å². The molecule has 1 aliphatic heterocycles. The number of piperidine rings is 1. The zero-order valence-corrected chi connectivity index (χ0v) is 10.4. The fourth-order valence-electron chi connectivity index (χ4n) is 2.07. The first-order chi connectivity index (χ1) is 8.29. The summed E-state index contributed by atoms with van der Waals surface area (Å²) in [5.41, 5.74) is 0. The molecule has 0 aromatic carbocycles. The Labute approximate surface area is 102 Å². The quantitative estimate of drug-likeness (QED) is 0.849. The molecule has 0 unspecified atom stereocenters. The predicted octanol–water partition coefficient (Wildman–Crippen LogP) is 1.90. The van der Waals surface area contributed by atoms with Gasteiger partial charge in [-0.15, -0.1) is 0 Å². The molecule has 1 aromatic rings. The summed E-state index contributed by atoms with van der Waals surface area (Å²) in [6.07, 6.45) is 2.82. The van der Waals surface area contributed by atoms with E-state index < -0.39 is 0 Å². The Morgan fingerprint density at radius 3 is 2.94 bits per heavy atom. The number of nitrogens with zero attached hydrogens (tertiary/aromatic N) is 1. The van der Waals surface area contributed by atoms with E-state index in [2.05, 4.69) is 12.2 Å². The van der Waals surface area contributed by atoms with Gasteiger partial charge in [0, 0.05) is 13.0 Å². The lowest BCUT2D eigenvalue weighted by Crippen LogP contribution is -2.34. The largest absolute Gasteiger partial charge is 0.463 e. The molecule has 94 valence electrons. The SMILES string of the molecule is CCNCc1ccc(CN2CCCCC2=O)o1. The first-order valence-corrected chi connectivity index (χ1v) is 6.35. The minimum atomic E-state index is 0.251. The summed E-state index contributed by atoms with van der Waals surface area (Å²) >= 11 is 0. The number of nitrogens with one attached hydrogen (secondary N) is 1. The van der Waals surface area contributed by atoms with Gasteiger partial charge in [0.25, 0.3) is 0 Å². The molecule has 2 heterocycles. The number of rotatable bonds is 5. The fraction of sp³-hybridized carbons (Fsp3) is 0.615. The number of carbonyl (C=O) groups excluding carboxylic acids is 1. The van der Waals surface area contributed by atoms with Crippen LogP contribution in [0.2, 0.25) is 0 Å². The number of likely N-dealkylation sites (tertiary alicyclic amines) is 1. The Kier molecular flexibility index (Phi) is 4.20. The summed E-state index contributed by atoms with van der Waals surface area (Å²) in [7, 11) is 0. The third kappa shape index (κ3) is 3.33. The van der Waals surface area contributed by atoms with Crippen LogP contribution < -0.4 is 5.32 Å². The number of hydrogen-bond donors (Lipinski definition) is 1. The van der Waals surface area contributed by atoms with Crippen molar-refractivity contribution in [3.05, 3.63) is 23.7 Å². The number of amides is 1. The molecule has 0 atom stereocenters. The molecule has 0 aliphatic carbocycles. The number of carbonyl (C=O) groups is 1. The second kappa shape index (κ2) is 5.87. The molecule has 0 spiro atoms. The van der Waals surface area contributed by atoms with Crippen molar-refractivity contribution in [3.63, 3.8) is 0 Å². The van der Waals surface area contributed by atoms with Gasteiger partial charge in [-0.25, -0.2) is 0 Å². The Morgan fingerprint density at radius 2 is 2.18 bits per heavy atom. The first kappa shape index (κ1) is 12.2. The summed E-state index contributed by atoms with van der Waals surface area (Å²) < 4.78 is 5.68. The van der Waals surface area contributed by atoms with Crippen molar-refractivity contribution in [1.29, 1.82) is 0 Å². The molecule has 2 rings (SSSR count). The van der Waals surface area contributed by atoms with Gasteiger partial charge in [-0.1, -0.05) is 6.92 Å². The monoisotopic (exact) mass is 236 g/mol. The Hall–Kier alpha value is -1.29. The summed E-state index contributed by atoms with van der Waals surface area (Å²) in [6.45, 7) is 5.23. The van der Waals surface area contributed by atoms with E-state index in [9.17, 15) is 4.79 Å². The van der Waals surface area contributed by atoms with E-state index in [0.29, 0.717) is 13.0 Å². The molecule has 0 saturated carbocycles. The summed E-state index contributed by atoms with van der Waals surface area (Å²) in [6, 6.07) is 3.95. The van der Waals surface area contributed by atoms with Crippen molar-refractivity contribution < 1.29 is 9.21 Å². The molecule has 1 aromatic heterocycles. The molecule has 4 heteroatoms.